The van der Waals surface area contributed by atoms with Crippen LogP contribution in [0.1, 0.15) is 36.7 Å². The number of hydrogen-bond acceptors (Lipinski definition) is 3. The zero-order chi connectivity index (χ0) is 12.0. The summed E-state index contributed by atoms with van der Waals surface area (Å²) in [6.45, 7) is 6.80. The van der Waals surface area contributed by atoms with E-state index in [4.69, 9.17) is 9.47 Å². The van der Waals surface area contributed by atoms with Crippen LogP contribution >= 0.6 is 0 Å². The molecular formula is C13H18O3. The lowest BCUT2D eigenvalue weighted by Gasteiger charge is -2.10. The minimum absolute atomic E-state index is 0.278. The van der Waals surface area contributed by atoms with E-state index in [1.165, 1.54) is 0 Å². The van der Waals surface area contributed by atoms with Crippen LogP contribution in [0.15, 0.2) is 18.2 Å². The van der Waals surface area contributed by atoms with E-state index in [1.54, 1.807) is 13.0 Å². The lowest BCUT2D eigenvalue weighted by molar-refractivity contribution is 0.0526. The fourth-order valence-electron chi connectivity index (χ4n) is 1.49. The molecule has 0 amide bonds. The standard InChI is InChI=1S/C13H18O3/c1-4-10-9-11(13(14)16-6-3)7-8-12(10)15-5-2/h7-9H,4-6H2,1-3H3. The Morgan fingerprint density at radius 1 is 1.19 bits per heavy atom. The molecule has 0 atom stereocenters. The maximum Gasteiger partial charge on any atom is 0.338 e. The minimum atomic E-state index is -0.278. The van der Waals surface area contributed by atoms with Crippen molar-refractivity contribution in [1.29, 1.82) is 0 Å². The summed E-state index contributed by atoms with van der Waals surface area (Å²) in [4.78, 5) is 11.5. The third-order valence-corrected chi connectivity index (χ3v) is 2.25. The zero-order valence-corrected chi connectivity index (χ0v) is 10.1. The molecular weight excluding hydrogens is 204 g/mol. The molecule has 0 spiro atoms. The fourth-order valence-corrected chi connectivity index (χ4v) is 1.49. The summed E-state index contributed by atoms with van der Waals surface area (Å²) in [5, 5.41) is 0. The highest BCUT2D eigenvalue weighted by Crippen LogP contribution is 2.21. The van der Waals surface area contributed by atoms with Crippen molar-refractivity contribution < 1.29 is 14.3 Å². The van der Waals surface area contributed by atoms with E-state index in [-0.39, 0.29) is 5.97 Å². The molecule has 0 heterocycles. The van der Waals surface area contributed by atoms with Crippen LogP contribution in [-0.2, 0) is 11.2 Å². The second kappa shape index (κ2) is 6.16. The van der Waals surface area contributed by atoms with Gasteiger partial charge in [-0.3, -0.25) is 0 Å². The van der Waals surface area contributed by atoms with Crippen molar-refractivity contribution in [2.75, 3.05) is 13.2 Å². The van der Waals surface area contributed by atoms with Gasteiger partial charge in [-0.1, -0.05) is 6.92 Å². The SMILES string of the molecule is CCOC(=O)c1ccc(OCC)c(CC)c1. The molecule has 3 heteroatoms. The van der Waals surface area contributed by atoms with Gasteiger partial charge in [0.25, 0.3) is 0 Å². The topological polar surface area (TPSA) is 35.5 Å². The molecule has 0 N–H and O–H groups in total. The number of aryl methyl sites for hydroxylation is 1. The highest BCUT2D eigenvalue weighted by Gasteiger charge is 2.09. The van der Waals surface area contributed by atoms with Crippen molar-refractivity contribution in [3.05, 3.63) is 29.3 Å². The first-order valence-electron chi connectivity index (χ1n) is 5.65. The van der Waals surface area contributed by atoms with Crippen LogP contribution in [-0.4, -0.2) is 19.2 Å². The molecule has 0 radical (unpaired) electrons. The van der Waals surface area contributed by atoms with Gasteiger partial charge in [0.1, 0.15) is 5.75 Å². The van der Waals surface area contributed by atoms with Gasteiger partial charge in [0.15, 0.2) is 0 Å². The molecule has 1 rings (SSSR count). The van der Waals surface area contributed by atoms with Crippen molar-refractivity contribution in [3.8, 4) is 5.75 Å². The van der Waals surface area contributed by atoms with Crippen LogP contribution in [0.3, 0.4) is 0 Å². The molecule has 0 saturated carbocycles. The number of benzene rings is 1. The van der Waals surface area contributed by atoms with Gasteiger partial charge in [0, 0.05) is 0 Å². The van der Waals surface area contributed by atoms with Crippen molar-refractivity contribution in [2.24, 2.45) is 0 Å². The molecule has 0 unspecified atom stereocenters. The Morgan fingerprint density at radius 3 is 2.50 bits per heavy atom. The van der Waals surface area contributed by atoms with E-state index < -0.39 is 0 Å². The van der Waals surface area contributed by atoms with Gasteiger partial charge in [-0.25, -0.2) is 4.79 Å². The Balaban J connectivity index is 2.94. The smallest absolute Gasteiger partial charge is 0.338 e. The third kappa shape index (κ3) is 2.99. The zero-order valence-electron chi connectivity index (χ0n) is 10.1. The summed E-state index contributed by atoms with van der Waals surface area (Å²) in [6.07, 6.45) is 0.836. The highest BCUT2D eigenvalue weighted by atomic mass is 16.5. The molecule has 0 aliphatic rings. The quantitative estimate of drug-likeness (QED) is 0.719. The monoisotopic (exact) mass is 222 g/mol. The lowest BCUT2D eigenvalue weighted by Crippen LogP contribution is -2.06. The average molecular weight is 222 g/mol. The van der Waals surface area contributed by atoms with Gasteiger partial charge in [-0.15, -0.1) is 0 Å². The highest BCUT2D eigenvalue weighted by molar-refractivity contribution is 5.89. The third-order valence-electron chi connectivity index (χ3n) is 2.25. The number of esters is 1. The van der Waals surface area contributed by atoms with Crippen LogP contribution in [0.2, 0.25) is 0 Å². The van der Waals surface area contributed by atoms with Gasteiger partial charge in [0.2, 0.25) is 0 Å². The lowest BCUT2D eigenvalue weighted by atomic mass is 10.1. The van der Waals surface area contributed by atoms with E-state index in [0.29, 0.717) is 18.8 Å². The second-order valence-corrected chi connectivity index (χ2v) is 3.33. The Labute approximate surface area is 96.4 Å². The largest absolute Gasteiger partial charge is 0.494 e. The van der Waals surface area contributed by atoms with E-state index in [1.807, 2.05) is 26.0 Å². The maximum atomic E-state index is 11.5. The Bertz CT molecular complexity index is 358. The van der Waals surface area contributed by atoms with E-state index in [9.17, 15) is 4.79 Å². The number of hydrogen-bond donors (Lipinski definition) is 0. The van der Waals surface area contributed by atoms with Gasteiger partial charge in [-0.05, 0) is 44.0 Å². The van der Waals surface area contributed by atoms with Crippen LogP contribution in [0.5, 0.6) is 5.75 Å². The Kier molecular flexibility index (Phi) is 4.83. The van der Waals surface area contributed by atoms with Gasteiger partial charge >= 0.3 is 5.97 Å². The number of rotatable bonds is 5. The first-order valence-corrected chi connectivity index (χ1v) is 5.65. The first-order chi connectivity index (χ1) is 7.72. The normalized spacial score (nSPS) is 9.94. The van der Waals surface area contributed by atoms with Crippen LogP contribution in [0.25, 0.3) is 0 Å². The van der Waals surface area contributed by atoms with Crippen molar-refractivity contribution >= 4 is 5.97 Å². The number of carbonyl (C=O) groups is 1. The summed E-state index contributed by atoms with van der Waals surface area (Å²) in [5.41, 5.74) is 1.62. The van der Waals surface area contributed by atoms with Crippen LogP contribution in [0.4, 0.5) is 0 Å². The molecule has 88 valence electrons. The summed E-state index contributed by atoms with van der Waals surface area (Å²) in [7, 11) is 0. The average Bonchev–Trinajstić information content (AvgIpc) is 2.30. The van der Waals surface area contributed by atoms with Gasteiger partial charge < -0.3 is 9.47 Å². The second-order valence-electron chi connectivity index (χ2n) is 3.33. The molecule has 0 aromatic heterocycles. The predicted molar refractivity (Wildman–Crippen MR) is 62.9 cm³/mol. The van der Waals surface area contributed by atoms with Crippen molar-refractivity contribution in [2.45, 2.75) is 27.2 Å². The van der Waals surface area contributed by atoms with Crippen molar-refractivity contribution in [3.63, 3.8) is 0 Å². The van der Waals surface area contributed by atoms with Gasteiger partial charge in [-0.2, -0.15) is 0 Å². The van der Waals surface area contributed by atoms with E-state index in [0.717, 1.165) is 17.7 Å². The molecule has 0 fully saturated rings. The number of ether oxygens (including phenoxy) is 2. The molecule has 0 saturated heterocycles. The summed E-state index contributed by atoms with van der Waals surface area (Å²) in [5.74, 6) is 0.568. The number of carbonyl (C=O) groups excluding carboxylic acids is 1. The van der Waals surface area contributed by atoms with Crippen LogP contribution < -0.4 is 4.74 Å². The van der Waals surface area contributed by atoms with Gasteiger partial charge in [0.05, 0.1) is 18.8 Å². The predicted octanol–water partition coefficient (Wildman–Crippen LogP) is 2.82. The van der Waals surface area contributed by atoms with E-state index >= 15 is 0 Å². The molecule has 3 nitrogen and oxygen atoms in total. The van der Waals surface area contributed by atoms with E-state index in [2.05, 4.69) is 0 Å². The van der Waals surface area contributed by atoms with Crippen molar-refractivity contribution in [1.82, 2.24) is 0 Å². The molecule has 1 aromatic carbocycles. The fraction of sp³-hybridized carbons (Fsp3) is 0.462. The Morgan fingerprint density at radius 2 is 1.94 bits per heavy atom. The summed E-state index contributed by atoms with van der Waals surface area (Å²) >= 11 is 0. The summed E-state index contributed by atoms with van der Waals surface area (Å²) < 4.78 is 10.4. The molecule has 0 bridgehead atoms. The van der Waals surface area contributed by atoms with Crippen LogP contribution in [0, 0.1) is 0 Å². The molecule has 0 aliphatic heterocycles. The summed E-state index contributed by atoms with van der Waals surface area (Å²) in [6, 6.07) is 5.40. The first kappa shape index (κ1) is 12.6. The maximum absolute atomic E-state index is 11.5. The molecule has 0 aliphatic carbocycles. The molecule has 1 aromatic rings. The minimum Gasteiger partial charge on any atom is -0.494 e. The molecule has 16 heavy (non-hydrogen) atoms. The Hall–Kier alpha value is -1.51.